The van der Waals surface area contributed by atoms with E-state index in [9.17, 15) is 0 Å². The zero-order valence-corrected chi connectivity index (χ0v) is 13.4. The van der Waals surface area contributed by atoms with Gasteiger partial charge in [-0.05, 0) is 39.3 Å². The van der Waals surface area contributed by atoms with Gasteiger partial charge < -0.3 is 10.1 Å². The van der Waals surface area contributed by atoms with Crippen molar-refractivity contribution in [1.82, 2.24) is 15.1 Å². The van der Waals surface area contributed by atoms with Crippen LogP contribution < -0.4 is 5.32 Å². The van der Waals surface area contributed by atoms with E-state index in [4.69, 9.17) is 4.74 Å². The van der Waals surface area contributed by atoms with Gasteiger partial charge in [0.25, 0.3) is 0 Å². The van der Waals surface area contributed by atoms with E-state index in [2.05, 4.69) is 29.0 Å². The van der Waals surface area contributed by atoms with E-state index < -0.39 is 0 Å². The van der Waals surface area contributed by atoms with Crippen LogP contribution in [-0.4, -0.2) is 74.4 Å². The van der Waals surface area contributed by atoms with E-state index >= 15 is 0 Å². The minimum Gasteiger partial charge on any atom is -0.379 e. The molecule has 2 aliphatic rings. The summed E-state index contributed by atoms with van der Waals surface area (Å²) in [4.78, 5) is 5.28. The monoisotopic (exact) mass is 283 g/mol. The summed E-state index contributed by atoms with van der Waals surface area (Å²) < 4.78 is 5.43. The Morgan fingerprint density at radius 3 is 2.70 bits per heavy atom. The quantitative estimate of drug-likeness (QED) is 0.767. The number of morpholine rings is 1. The molecule has 0 aromatic carbocycles. The summed E-state index contributed by atoms with van der Waals surface area (Å²) in [6.45, 7) is 13.5. The molecular weight excluding hydrogens is 250 g/mol. The summed E-state index contributed by atoms with van der Waals surface area (Å²) in [7, 11) is 0. The Hall–Kier alpha value is -0.160. The third-order valence-electron chi connectivity index (χ3n) is 4.76. The van der Waals surface area contributed by atoms with Crippen molar-refractivity contribution in [2.45, 2.75) is 51.6 Å². The fraction of sp³-hybridized carbons (Fsp3) is 1.00. The Labute approximate surface area is 124 Å². The summed E-state index contributed by atoms with van der Waals surface area (Å²) in [5.41, 5.74) is 0. The first-order valence-electron chi connectivity index (χ1n) is 8.58. The third-order valence-corrected chi connectivity index (χ3v) is 4.76. The molecule has 1 N–H and O–H groups in total. The van der Waals surface area contributed by atoms with Crippen LogP contribution in [0.4, 0.5) is 0 Å². The fourth-order valence-corrected chi connectivity index (χ4v) is 3.46. The van der Waals surface area contributed by atoms with E-state index in [0.717, 1.165) is 38.9 Å². The van der Waals surface area contributed by atoms with Crippen LogP contribution in [0.25, 0.3) is 0 Å². The molecule has 2 rings (SSSR count). The molecule has 0 spiro atoms. The van der Waals surface area contributed by atoms with Gasteiger partial charge in [-0.2, -0.15) is 0 Å². The highest BCUT2D eigenvalue weighted by atomic mass is 16.5. The lowest BCUT2D eigenvalue weighted by molar-refractivity contribution is 0.0262. The van der Waals surface area contributed by atoms with Crippen LogP contribution >= 0.6 is 0 Å². The maximum Gasteiger partial charge on any atom is 0.0594 e. The molecular formula is C16H33N3O. The molecule has 4 heteroatoms. The largest absolute Gasteiger partial charge is 0.379 e. The Kier molecular flexibility index (Phi) is 7.28. The lowest BCUT2D eigenvalue weighted by Crippen LogP contribution is -2.53. The van der Waals surface area contributed by atoms with Crippen LogP contribution in [0.5, 0.6) is 0 Å². The number of hydrogen-bond acceptors (Lipinski definition) is 4. The average molecular weight is 283 g/mol. The molecule has 0 bridgehead atoms. The van der Waals surface area contributed by atoms with Gasteiger partial charge in [0.15, 0.2) is 0 Å². The van der Waals surface area contributed by atoms with Gasteiger partial charge in [0, 0.05) is 38.3 Å². The number of piperidine rings is 1. The molecule has 0 saturated carbocycles. The van der Waals surface area contributed by atoms with Crippen molar-refractivity contribution in [2.24, 2.45) is 0 Å². The fourth-order valence-electron chi connectivity index (χ4n) is 3.46. The summed E-state index contributed by atoms with van der Waals surface area (Å²) in [5.74, 6) is 0. The normalized spacial score (nSPS) is 27.6. The zero-order chi connectivity index (χ0) is 14.2. The molecule has 118 valence electrons. The molecule has 2 fully saturated rings. The number of rotatable bonds is 7. The lowest BCUT2D eigenvalue weighted by atomic mass is 9.96. The van der Waals surface area contributed by atoms with Gasteiger partial charge in [0.1, 0.15) is 0 Å². The predicted molar refractivity (Wildman–Crippen MR) is 84.2 cm³/mol. The summed E-state index contributed by atoms with van der Waals surface area (Å²) in [5, 5.41) is 3.69. The Morgan fingerprint density at radius 2 is 1.95 bits per heavy atom. The van der Waals surface area contributed by atoms with Gasteiger partial charge in [-0.15, -0.1) is 0 Å². The molecule has 0 radical (unpaired) electrons. The first-order valence-corrected chi connectivity index (χ1v) is 8.58. The topological polar surface area (TPSA) is 27.7 Å². The minimum absolute atomic E-state index is 0.625. The second-order valence-corrected chi connectivity index (χ2v) is 6.30. The van der Waals surface area contributed by atoms with Crippen LogP contribution in [0, 0.1) is 0 Å². The standard InChI is InChI=1S/C16H33N3O/c1-3-7-17-15(2)16-6-4-5-8-19(16)10-9-18-11-13-20-14-12-18/h15-17H,3-14H2,1-2H3. The van der Waals surface area contributed by atoms with Crippen molar-refractivity contribution in [3.8, 4) is 0 Å². The highest BCUT2D eigenvalue weighted by molar-refractivity contribution is 4.85. The molecule has 2 saturated heterocycles. The maximum atomic E-state index is 5.43. The minimum atomic E-state index is 0.625. The molecule has 0 amide bonds. The Morgan fingerprint density at radius 1 is 1.15 bits per heavy atom. The molecule has 2 atom stereocenters. The first kappa shape index (κ1) is 16.2. The Bertz CT molecular complexity index is 256. The number of nitrogens with zero attached hydrogens (tertiary/aromatic N) is 2. The first-order chi connectivity index (χ1) is 9.81. The summed E-state index contributed by atoms with van der Waals surface area (Å²) in [6, 6.07) is 1.36. The van der Waals surface area contributed by atoms with Crippen LogP contribution in [0.3, 0.4) is 0 Å². The SMILES string of the molecule is CCCNC(C)C1CCCCN1CCN1CCOCC1. The molecule has 0 aliphatic carbocycles. The third kappa shape index (κ3) is 4.99. The number of likely N-dealkylation sites (tertiary alicyclic amines) is 1. The zero-order valence-electron chi connectivity index (χ0n) is 13.4. The number of nitrogens with one attached hydrogen (secondary N) is 1. The van der Waals surface area contributed by atoms with Crippen molar-refractivity contribution in [3.63, 3.8) is 0 Å². The second-order valence-electron chi connectivity index (χ2n) is 6.30. The van der Waals surface area contributed by atoms with Crippen LogP contribution in [0.1, 0.15) is 39.5 Å². The highest BCUT2D eigenvalue weighted by Gasteiger charge is 2.27. The van der Waals surface area contributed by atoms with Crippen molar-refractivity contribution in [3.05, 3.63) is 0 Å². The molecule has 4 nitrogen and oxygen atoms in total. The van der Waals surface area contributed by atoms with Gasteiger partial charge >= 0.3 is 0 Å². The van der Waals surface area contributed by atoms with Crippen LogP contribution in [0.2, 0.25) is 0 Å². The van der Waals surface area contributed by atoms with Crippen LogP contribution in [0.15, 0.2) is 0 Å². The van der Waals surface area contributed by atoms with E-state index in [1.807, 2.05) is 0 Å². The van der Waals surface area contributed by atoms with Gasteiger partial charge in [-0.1, -0.05) is 13.3 Å². The summed E-state index contributed by atoms with van der Waals surface area (Å²) in [6.07, 6.45) is 5.36. The Balaban J connectivity index is 1.76. The van der Waals surface area contributed by atoms with E-state index in [1.54, 1.807) is 0 Å². The van der Waals surface area contributed by atoms with Gasteiger partial charge in [0.2, 0.25) is 0 Å². The van der Waals surface area contributed by atoms with Gasteiger partial charge in [-0.25, -0.2) is 0 Å². The smallest absolute Gasteiger partial charge is 0.0594 e. The van der Waals surface area contributed by atoms with Crippen molar-refractivity contribution in [1.29, 1.82) is 0 Å². The molecule has 20 heavy (non-hydrogen) atoms. The highest BCUT2D eigenvalue weighted by Crippen LogP contribution is 2.19. The van der Waals surface area contributed by atoms with E-state index in [-0.39, 0.29) is 0 Å². The molecule has 2 unspecified atom stereocenters. The van der Waals surface area contributed by atoms with E-state index in [1.165, 1.54) is 45.3 Å². The molecule has 0 aromatic rings. The molecule has 0 aromatic heterocycles. The van der Waals surface area contributed by atoms with E-state index in [0.29, 0.717) is 6.04 Å². The van der Waals surface area contributed by atoms with Crippen molar-refractivity contribution in [2.75, 3.05) is 52.5 Å². The average Bonchev–Trinajstić information content (AvgIpc) is 2.52. The maximum absolute atomic E-state index is 5.43. The van der Waals surface area contributed by atoms with Crippen molar-refractivity contribution >= 4 is 0 Å². The van der Waals surface area contributed by atoms with Gasteiger partial charge in [0.05, 0.1) is 13.2 Å². The van der Waals surface area contributed by atoms with Gasteiger partial charge in [-0.3, -0.25) is 9.80 Å². The van der Waals surface area contributed by atoms with Crippen molar-refractivity contribution < 1.29 is 4.74 Å². The lowest BCUT2D eigenvalue weighted by Gasteiger charge is -2.41. The predicted octanol–water partition coefficient (Wildman–Crippen LogP) is 1.56. The number of hydrogen-bond donors (Lipinski definition) is 1. The second kappa shape index (κ2) is 8.98. The summed E-state index contributed by atoms with van der Waals surface area (Å²) >= 11 is 0. The van der Waals surface area contributed by atoms with Crippen LogP contribution in [-0.2, 0) is 4.74 Å². The molecule has 2 heterocycles. The molecule has 2 aliphatic heterocycles. The number of ether oxygens (including phenoxy) is 1.